The summed E-state index contributed by atoms with van der Waals surface area (Å²) in [5.74, 6) is -0.411. The van der Waals surface area contributed by atoms with E-state index in [1.165, 1.54) is 36.9 Å². The summed E-state index contributed by atoms with van der Waals surface area (Å²) in [7, 11) is 0. The van der Waals surface area contributed by atoms with Crippen molar-refractivity contribution in [2.24, 2.45) is 0 Å². The zero-order valence-electron chi connectivity index (χ0n) is 10.0. The van der Waals surface area contributed by atoms with Crippen LogP contribution in [0.2, 0.25) is 4.34 Å². The van der Waals surface area contributed by atoms with Crippen LogP contribution in [0.5, 0.6) is 0 Å². The largest absolute Gasteiger partial charge is 0.480 e. The third kappa shape index (κ3) is 4.88. The molecule has 0 aliphatic carbocycles. The van der Waals surface area contributed by atoms with Gasteiger partial charge in [0.05, 0.1) is 10.1 Å². The maximum Gasteiger partial charge on any atom is 0.328 e. The summed E-state index contributed by atoms with van der Waals surface area (Å²) in [5.41, 5.74) is -1.23. The first-order valence-electron chi connectivity index (χ1n) is 5.17. The molecule has 1 amide bonds. The Morgan fingerprint density at radius 1 is 1.50 bits per heavy atom. The molecule has 0 unspecified atom stereocenters. The van der Waals surface area contributed by atoms with Crippen LogP contribution in [0.3, 0.4) is 0 Å². The minimum atomic E-state index is -1.23. The second-order valence-corrected chi connectivity index (χ2v) is 6.96. The Balaban J connectivity index is 2.32. The van der Waals surface area contributed by atoms with Crippen LogP contribution in [0.25, 0.3) is 0 Å². The fraction of sp³-hybridized carbons (Fsp3) is 0.455. The second-order valence-electron chi connectivity index (χ2n) is 4.18. The number of thiophene rings is 1. The zero-order valence-corrected chi connectivity index (χ0v) is 12.4. The smallest absolute Gasteiger partial charge is 0.328 e. The van der Waals surface area contributed by atoms with Gasteiger partial charge in [0, 0.05) is 10.6 Å². The number of hydrogen-bond donors (Lipinski definition) is 2. The highest BCUT2D eigenvalue weighted by molar-refractivity contribution is 7.99. The van der Waals surface area contributed by atoms with Crippen LogP contribution in [0.15, 0.2) is 12.1 Å². The highest BCUT2D eigenvalue weighted by Crippen LogP contribution is 2.25. The van der Waals surface area contributed by atoms with Gasteiger partial charge in [-0.05, 0) is 26.0 Å². The molecule has 100 valence electrons. The van der Waals surface area contributed by atoms with E-state index in [-0.39, 0.29) is 11.7 Å². The van der Waals surface area contributed by atoms with Crippen LogP contribution in [-0.2, 0) is 15.3 Å². The van der Waals surface area contributed by atoms with Crippen molar-refractivity contribution >= 4 is 46.6 Å². The minimum Gasteiger partial charge on any atom is -0.480 e. The molecule has 1 heterocycles. The maximum absolute atomic E-state index is 11.5. The average Bonchev–Trinajstić information content (AvgIpc) is 2.63. The number of carboxylic acids is 1. The van der Waals surface area contributed by atoms with Gasteiger partial charge in [-0.1, -0.05) is 11.6 Å². The van der Waals surface area contributed by atoms with Gasteiger partial charge in [-0.15, -0.1) is 23.1 Å². The number of carbonyl (C=O) groups is 2. The molecule has 0 aliphatic heterocycles. The van der Waals surface area contributed by atoms with Crippen molar-refractivity contribution in [3.8, 4) is 0 Å². The molecule has 0 radical (unpaired) electrons. The van der Waals surface area contributed by atoms with E-state index in [9.17, 15) is 9.59 Å². The number of rotatable bonds is 6. The van der Waals surface area contributed by atoms with E-state index in [1.807, 2.05) is 12.1 Å². The average molecular weight is 308 g/mol. The summed E-state index contributed by atoms with van der Waals surface area (Å²) in [4.78, 5) is 23.5. The topological polar surface area (TPSA) is 66.4 Å². The van der Waals surface area contributed by atoms with Crippen LogP contribution in [0, 0.1) is 0 Å². The molecule has 0 fully saturated rings. The number of aliphatic carboxylic acids is 1. The molecule has 1 rings (SSSR count). The van der Waals surface area contributed by atoms with Gasteiger partial charge in [-0.25, -0.2) is 4.79 Å². The van der Waals surface area contributed by atoms with Gasteiger partial charge in [0.2, 0.25) is 5.91 Å². The van der Waals surface area contributed by atoms with Crippen molar-refractivity contribution in [3.63, 3.8) is 0 Å². The summed E-state index contributed by atoms with van der Waals surface area (Å²) < 4.78 is 0.724. The molecule has 1 aromatic heterocycles. The van der Waals surface area contributed by atoms with Gasteiger partial charge in [-0.2, -0.15) is 0 Å². The summed E-state index contributed by atoms with van der Waals surface area (Å²) in [5, 5.41) is 11.3. The quantitative estimate of drug-likeness (QED) is 0.848. The lowest BCUT2D eigenvalue weighted by molar-refractivity contribution is -0.145. The third-order valence-electron chi connectivity index (χ3n) is 2.09. The maximum atomic E-state index is 11.5. The number of carboxylic acid groups (broad SMARTS) is 1. The van der Waals surface area contributed by atoms with Crippen LogP contribution >= 0.6 is 34.7 Å². The van der Waals surface area contributed by atoms with Crippen LogP contribution in [0.1, 0.15) is 18.7 Å². The Kier molecular flexibility index (Phi) is 5.49. The molecule has 2 N–H and O–H groups in total. The highest BCUT2D eigenvalue weighted by atomic mass is 35.5. The zero-order chi connectivity index (χ0) is 13.8. The first-order valence-corrected chi connectivity index (χ1v) is 7.52. The number of hydrogen-bond acceptors (Lipinski definition) is 4. The molecule has 0 aromatic carbocycles. The third-order valence-corrected chi connectivity index (χ3v) is 4.49. The van der Waals surface area contributed by atoms with Crippen molar-refractivity contribution in [1.29, 1.82) is 0 Å². The second kappa shape index (κ2) is 6.45. The van der Waals surface area contributed by atoms with Gasteiger partial charge in [0.25, 0.3) is 0 Å². The Hall–Kier alpha value is -0.720. The van der Waals surface area contributed by atoms with Crippen LogP contribution in [-0.4, -0.2) is 28.3 Å². The number of nitrogens with one attached hydrogen (secondary N) is 1. The van der Waals surface area contributed by atoms with Crippen LogP contribution < -0.4 is 5.32 Å². The molecule has 0 saturated heterocycles. The molecule has 0 bridgehead atoms. The number of thioether (sulfide) groups is 1. The van der Waals surface area contributed by atoms with Gasteiger partial charge in [0.15, 0.2) is 0 Å². The number of carbonyl (C=O) groups excluding carboxylic acids is 1. The van der Waals surface area contributed by atoms with E-state index in [4.69, 9.17) is 16.7 Å². The molecular weight excluding hydrogens is 294 g/mol. The van der Waals surface area contributed by atoms with Gasteiger partial charge in [-0.3, -0.25) is 4.79 Å². The van der Waals surface area contributed by atoms with E-state index < -0.39 is 11.5 Å². The molecule has 0 aliphatic rings. The molecule has 0 spiro atoms. The molecular formula is C11H14ClNO3S2. The lowest BCUT2D eigenvalue weighted by Crippen LogP contribution is -2.50. The number of halogens is 1. The number of amides is 1. The fourth-order valence-corrected chi connectivity index (χ4v) is 3.14. The Bertz CT molecular complexity index is 445. The predicted molar refractivity (Wildman–Crippen MR) is 75.3 cm³/mol. The lowest BCUT2D eigenvalue weighted by atomic mass is 10.1. The van der Waals surface area contributed by atoms with Gasteiger partial charge in [0.1, 0.15) is 5.54 Å². The van der Waals surface area contributed by atoms with Crippen molar-refractivity contribution in [2.45, 2.75) is 25.1 Å². The van der Waals surface area contributed by atoms with Crippen molar-refractivity contribution in [1.82, 2.24) is 5.32 Å². The van der Waals surface area contributed by atoms with Crippen molar-refractivity contribution in [2.75, 3.05) is 5.75 Å². The molecule has 7 heteroatoms. The highest BCUT2D eigenvalue weighted by Gasteiger charge is 2.28. The van der Waals surface area contributed by atoms with Gasteiger partial charge >= 0.3 is 5.97 Å². The monoisotopic (exact) mass is 307 g/mol. The SMILES string of the molecule is CC(C)(NC(=O)CSCc1ccc(Cl)s1)C(=O)O. The standard InChI is InChI=1S/C11H14ClNO3S2/c1-11(2,10(15)16)13-9(14)6-17-5-7-3-4-8(12)18-7/h3-4H,5-6H2,1-2H3,(H,13,14)(H,15,16). The first kappa shape index (κ1) is 15.3. The summed E-state index contributed by atoms with van der Waals surface area (Å²) in [6.07, 6.45) is 0. The van der Waals surface area contributed by atoms with E-state index in [1.54, 1.807) is 0 Å². The summed E-state index contributed by atoms with van der Waals surface area (Å²) in [6, 6.07) is 3.73. The molecule has 4 nitrogen and oxygen atoms in total. The minimum absolute atomic E-state index is 0.228. The normalized spacial score (nSPS) is 11.3. The van der Waals surface area contributed by atoms with Crippen molar-refractivity contribution < 1.29 is 14.7 Å². The lowest BCUT2D eigenvalue weighted by Gasteiger charge is -2.20. The van der Waals surface area contributed by atoms with Gasteiger partial charge < -0.3 is 10.4 Å². The van der Waals surface area contributed by atoms with E-state index in [0.717, 1.165) is 9.21 Å². The Morgan fingerprint density at radius 3 is 2.67 bits per heavy atom. The molecule has 0 atom stereocenters. The first-order chi connectivity index (χ1) is 8.31. The molecule has 1 aromatic rings. The van der Waals surface area contributed by atoms with Crippen molar-refractivity contribution in [3.05, 3.63) is 21.3 Å². The summed E-state index contributed by atoms with van der Waals surface area (Å²) in [6.45, 7) is 2.91. The Labute approximate surface area is 119 Å². The molecule has 0 saturated carbocycles. The van der Waals surface area contributed by atoms with E-state index >= 15 is 0 Å². The van der Waals surface area contributed by atoms with E-state index in [0.29, 0.717) is 5.75 Å². The Morgan fingerprint density at radius 2 is 2.17 bits per heavy atom. The summed E-state index contributed by atoms with van der Waals surface area (Å²) >= 11 is 8.69. The van der Waals surface area contributed by atoms with Crippen LogP contribution in [0.4, 0.5) is 0 Å². The van der Waals surface area contributed by atoms with E-state index in [2.05, 4.69) is 5.32 Å². The molecule has 18 heavy (non-hydrogen) atoms. The predicted octanol–water partition coefficient (Wildman–Crippen LogP) is 2.61. The fourth-order valence-electron chi connectivity index (χ4n) is 1.11.